The van der Waals surface area contributed by atoms with Gasteiger partial charge in [0.05, 0.1) is 11.2 Å². The first-order valence-corrected chi connectivity index (χ1v) is 9.03. The molecular formula is C16H27NO3S. The molecule has 0 aromatic heterocycles. The largest absolute Gasteiger partial charge is 0.481 e. The molecule has 1 aliphatic carbocycles. The van der Waals surface area contributed by atoms with Crippen LogP contribution in [-0.2, 0) is 9.59 Å². The monoisotopic (exact) mass is 313 g/mol. The van der Waals surface area contributed by atoms with Crippen molar-refractivity contribution in [3.05, 3.63) is 0 Å². The standard InChI is InChI=1S/C16H27NO3S/c1-10-12(8-7-11(15(19)20)16(10,2)3)17-14(18)13-6-4-5-9-21-13/h10-13H,4-9H2,1-3H3,(H,17,18)(H,19,20). The van der Waals surface area contributed by atoms with Gasteiger partial charge in [0.25, 0.3) is 0 Å². The van der Waals surface area contributed by atoms with Gasteiger partial charge < -0.3 is 10.4 Å². The smallest absolute Gasteiger partial charge is 0.307 e. The van der Waals surface area contributed by atoms with Crippen molar-refractivity contribution >= 4 is 23.6 Å². The molecule has 1 saturated heterocycles. The lowest BCUT2D eigenvalue weighted by atomic mass is 9.61. The fraction of sp³-hybridized carbons (Fsp3) is 0.875. The lowest BCUT2D eigenvalue weighted by Gasteiger charge is -2.46. The van der Waals surface area contributed by atoms with Crippen molar-refractivity contribution in [1.82, 2.24) is 5.32 Å². The Balaban J connectivity index is 1.98. The highest BCUT2D eigenvalue weighted by Gasteiger charge is 2.46. The van der Waals surface area contributed by atoms with Gasteiger partial charge in [-0.15, -0.1) is 11.8 Å². The van der Waals surface area contributed by atoms with Gasteiger partial charge in [0.2, 0.25) is 5.91 Å². The molecule has 5 heteroatoms. The molecule has 0 bridgehead atoms. The highest BCUT2D eigenvalue weighted by molar-refractivity contribution is 8.00. The van der Waals surface area contributed by atoms with Crippen LogP contribution in [0.5, 0.6) is 0 Å². The fourth-order valence-electron chi connectivity index (χ4n) is 3.67. The van der Waals surface area contributed by atoms with E-state index in [4.69, 9.17) is 0 Å². The quantitative estimate of drug-likeness (QED) is 0.841. The normalized spacial score (nSPS) is 36.0. The van der Waals surface area contributed by atoms with E-state index in [1.807, 2.05) is 13.8 Å². The molecule has 0 radical (unpaired) electrons. The molecule has 0 spiro atoms. The van der Waals surface area contributed by atoms with Gasteiger partial charge in [0.15, 0.2) is 0 Å². The first kappa shape index (κ1) is 16.7. The van der Waals surface area contributed by atoms with E-state index in [2.05, 4.69) is 12.2 Å². The number of carboxylic acid groups (broad SMARTS) is 1. The van der Waals surface area contributed by atoms with E-state index in [0.717, 1.165) is 25.0 Å². The molecule has 4 unspecified atom stereocenters. The summed E-state index contributed by atoms with van der Waals surface area (Å²) in [6, 6.07) is 0.102. The number of amides is 1. The van der Waals surface area contributed by atoms with Crippen molar-refractivity contribution in [2.75, 3.05) is 5.75 Å². The molecule has 2 N–H and O–H groups in total. The molecule has 120 valence electrons. The van der Waals surface area contributed by atoms with Crippen molar-refractivity contribution in [2.24, 2.45) is 17.3 Å². The zero-order valence-electron chi connectivity index (χ0n) is 13.2. The topological polar surface area (TPSA) is 66.4 Å². The summed E-state index contributed by atoms with van der Waals surface area (Å²) in [5, 5.41) is 12.7. The second-order valence-corrected chi connectivity index (χ2v) is 8.36. The molecule has 1 aliphatic heterocycles. The second kappa shape index (κ2) is 6.59. The van der Waals surface area contributed by atoms with Crippen LogP contribution in [0.1, 0.15) is 52.9 Å². The van der Waals surface area contributed by atoms with Crippen LogP contribution < -0.4 is 5.32 Å². The van der Waals surface area contributed by atoms with Crippen molar-refractivity contribution in [3.63, 3.8) is 0 Å². The molecule has 4 nitrogen and oxygen atoms in total. The Morgan fingerprint density at radius 1 is 1.19 bits per heavy atom. The maximum absolute atomic E-state index is 12.4. The Morgan fingerprint density at radius 3 is 2.48 bits per heavy atom. The Hall–Kier alpha value is -0.710. The summed E-state index contributed by atoms with van der Waals surface area (Å²) >= 11 is 1.76. The zero-order chi connectivity index (χ0) is 15.6. The minimum absolute atomic E-state index is 0.0891. The van der Waals surface area contributed by atoms with Crippen LogP contribution in [-0.4, -0.2) is 34.0 Å². The van der Waals surface area contributed by atoms with Crippen LogP contribution in [0.15, 0.2) is 0 Å². The number of hydrogen-bond donors (Lipinski definition) is 2. The zero-order valence-corrected chi connectivity index (χ0v) is 14.0. The van der Waals surface area contributed by atoms with Crippen LogP contribution in [0.4, 0.5) is 0 Å². The number of hydrogen-bond acceptors (Lipinski definition) is 3. The predicted molar refractivity (Wildman–Crippen MR) is 85.3 cm³/mol. The second-order valence-electron chi connectivity index (χ2n) is 7.05. The summed E-state index contributed by atoms with van der Waals surface area (Å²) in [5.41, 5.74) is -0.290. The highest BCUT2D eigenvalue weighted by atomic mass is 32.2. The number of rotatable bonds is 3. The summed E-state index contributed by atoms with van der Waals surface area (Å²) in [5.74, 6) is 0.375. The first-order valence-electron chi connectivity index (χ1n) is 7.99. The van der Waals surface area contributed by atoms with E-state index < -0.39 is 5.97 Å². The molecule has 1 amide bonds. The summed E-state index contributed by atoms with van der Waals surface area (Å²) in [6.07, 6.45) is 4.73. The number of carbonyl (C=O) groups excluding carboxylic acids is 1. The summed E-state index contributed by atoms with van der Waals surface area (Å²) in [4.78, 5) is 23.8. The van der Waals surface area contributed by atoms with Crippen molar-refractivity contribution < 1.29 is 14.7 Å². The summed E-state index contributed by atoms with van der Waals surface area (Å²) in [6.45, 7) is 6.11. The summed E-state index contributed by atoms with van der Waals surface area (Å²) in [7, 11) is 0. The lowest BCUT2D eigenvalue weighted by Crippen LogP contribution is -2.53. The van der Waals surface area contributed by atoms with Crippen LogP contribution in [0.2, 0.25) is 0 Å². The Bertz CT molecular complexity index is 404. The molecular weight excluding hydrogens is 286 g/mol. The van der Waals surface area contributed by atoms with Crippen molar-refractivity contribution in [2.45, 2.75) is 64.2 Å². The van der Waals surface area contributed by atoms with E-state index >= 15 is 0 Å². The number of nitrogens with one attached hydrogen (secondary N) is 1. The highest BCUT2D eigenvalue weighted by Crippen LogP contribution is 2.45. The maximum Gasteiger partial charge on any atom is 0.307 e. The van der Waals surface area contributed by atoms with Crippen LogP contribution >= 0.6 is 11.8 Å². The third-order valence-corrected chi connectivity index (χ3v) is 6.92. The molecule has 0 aromatic carbocycles. The Kier molecular flexibility index (Phi) is 5.23. The maximum atomic E-state index is 12.4. The van der Waals surface area contributed by atoms with Crippen molar-refractivity contribution in [1.29, 1.82) is 0 Å². The average Bonchev–Trinajstić information content (AvgIpc) is 2.44. The van der Waals surface area contributed by atoms with E-state index in [1.54, 1.807) is 11.8 Å². The average molecular weight is 313 g/mol. The van der Waals surface area contributed by atoms with Gasteiger partial charge >= 0.3 is 5.97 Å². The molecule has 2 rings (SSSR count). The van der Waals surface area contributed by atoms with Crippen molar-refractivity contribution in [3.8, 4) is 0 Å². The predicted octanol–water partition coefficient (Wildman–Crippen LogP) is 2.91. The minimum Gasteiger partial charge on any atom is -0.481 e. The molecule has 2 fully saturated rings. The number of aliphatic carboxylic acids is 1. The Labute approximate surface area is 131 Å². The fourth-order valence-corrected chi connectivity index (χ4v) is 4.87. The van der Waals surface area contributed by atoms with Gasteiger partial charge in [-0.2, -0.15) is 0 Å². The van der Waals surface area contributed by atoms with E-state index in [9.17, 15) is 14.7 Å². The number of thioether (sulfide) groups is 1. The van der Waals surface area contributed by atoms with Gasteiger partial charge in [-0.1, -0.05) is 27.2 Å². The molecule has 2 aliphatic rings. The third kappa shape index (κ3) is 3.55. The van der Waals surface area contributed by atoms with Gasteiger partial charge in [0, 0.05) is 6.04 Å². The van der Waals surface area contributed by atoms with E-state index in [0.29, 0.717) is 6.42 Å². The molecule has 1 heterocycles. The minimum atomic E-state index is -0.709. The van der Waals surface area contributed by atoms with E-state index in [-0.39, 0.29) is 34.4 Å². The third-order valence-electron chi connectivity index (χ3n) is 5.54. The lowest BCUT2D eigenvalue weighted by molar-refractivity contribution is -0.150. The van der Waals surface area contributed by atoms with Gasteiger partial charge in [0.1, 0.15) is 0 Å². The number of carboxylic acids is 1. The SMILES string of the molecule is CC1C(NC(=O)C2CCCCS2)CCC(C(=O)O)C1(C)C. The molecule has 21 heavy (non-hydrogen) atoms. The van der Waals surface area contributed by atoms with Crippen LogP contribution in [0.3, 0.4) is 0 Å². The van der Waals surface area contributed by atoms with Gasteiger partial charge in [-0.05, 0) is 42.8 Å². The summed E-state index contributed by atoms with van der Waals surface area (Å²) < 4.78 is 0. The van der Waals surface area contributed by atoms with Gasteiger partial charge in [-0.25, -0.2) is 0 Å². The van der Waals surface area contributed by atoms with Crippen LogP contribution in [0, 0.1) is 17.3 Å². The first-order chi connectivity index (χ1) is 9.84. The Morgan fingerprint density at radius 2 is 1.90 bits per heavy atom. The number of carbonyl (C=O) groups is 2. The molecule has 4 atom stereocenters. The van der Waals surface area contributed by atoms with E-state index in [1.165, 1.54) is 6.42 Å². The molecule has 0 aromatic rings. The van der Waals surface area contributed by atoms with Gasteiger partial charge in [-0.3, -0.25) is 9.59 Å². The molecule has 1 saturated carbocycles. The van der Waals surface area contributed by atoms with Crippen LogP contribution in [0.25, 0.3) is 0 Å².